The van der Waals surface area contributed by atoms with E-state index in [2.05, 4.69) is 41.9 Å². The predicted octanol–water partition coefficient (Wildman–Crippen LogP) is 3.76. The minimum atomic E-state index is -4.94. The lowest BCUT2D eigenvalue weighted by Gasteiger charge is -2.47. The molecule has 7 aliphatic heterocycles. The normalized spacial score (nSPS) is 28.1. The molecule has 588 valence electrons. The number of benzene rings is 5. The summed E-state index contributed by atoms with van der Waals surface area (Å²) < 4.78 is 80.9. The Balaban J connectivity index is 1.16. The number of nitrogens with two attached hydrogens (primary N) is 2. The van der Waals surface area contributed by atoms with Crippen LogP contribution in [-0.4, -0.2) is 182 Å². The molecule has 18 atom stereocenters. The highest BCUT2D eigenvalue weighted by Crippen LogP contribution is 2.50. The van der Waals surface area contributed by atoms with Crippen LogP contribution < -0.4 is 57.6 Å². The number of halogens is 5. The average Bonchev–Trinajstić information content (AvgIpc) is 0.767. The van der Waals surface area contributed by atoms with Crippen LogP contribution in [0.5, 0.6) is 46.0 Å². The van der Waals surface area contributed by atoms with Crippen molar-refractivity contribution in [3.63, 3.8) is 0 Å². The molecule has 19 N–H and O–H groups in total. The Bertz CT molecular complexity index is 4610. The van der Waals surface area contributed by atoms with E-state index < -0.39 is 269 Å². The standard InChI is InChI=1S/C71H75Cl2F3N10O23S/c1-25(2)14-26(3)61(96)85-52-54(91)29-7-10-40(35(72)16-29)105-42-18-31-19-43(58(42)109-68-59(108-47-23-70(5,78)60(95)27(4)104-47)57(94)56(93)44(107-68)24-110-69-79-13-12-45(81-69)71(74,75)76)106-41-11-8-30(17-36(41)73)55(92)53-66(101)84-51(67(102)103)34-20-32(87)21-39(89)48(34)33-15-28(6-9-38(33)88)49(63(98)86-53)83-64(99)50(31)82-62(97)37(22-46(77)90)80-65(52)100/h6-13,15-21,25-27,37,44,47,49-57,59-60,68,87-89,91-95H,14,22-24,78H2,1-5H3,(H2,77,90)(H,80,100)(H,82,97)(H,83,99)(H,84,101)(H,85,96)(H,86,98)(H,102,103)/t26-,27?,37-,44?,47?,49?,50+,51+,52+,53-,54+,55+,56?,57?,59?,60?,68?,70?/m0/s1. The van der Waals surface area contributed by atoms with Crippen molar-refractivity contribution < 1.29 is 126 Å². The van der Waals surface area contributed by atoms with Gasteiger partial charge in [-0.25, -0.2) is 14.8 Å². The number of aliphatic hydroxyl groups is 5. The number of ether oxygens (including phenoxy) is 6. The number of primary amides is 1. The molecule has 7 aliphatic rings. The highest BCUT2D eigenvalue weighted by atomic mass is 35.5. The van der Waals surface area contributed by atoms with E-state index in [1.165, 1.54) is 26.8 Å². The van der Waals surface area contributed by atoms with E-state index in [0.717, 1.165) is 79.0 Å². The number of carbonyl (C=O) groups excluding carboxylic acids is 7. The van der Waals surface area contributed by atoms with E-state index in [1.807, 2.05) is 13.8 Å². The van der Waals surface area contributed by atoms with Crippen LogP contribution in [0.25, 0.3) is 11.1 Å². The molecule has 6 aromatic rings. The second kappa shape index (κ2) is 32.6. The highest BCUT2D eigenvalue weighted by Gasteiger charge is 2.52. The van der Waals surface area contributed by atoms with Gasteiger partial charge in [0.15, 0.2) is 35.1 Å². The number of aliphatic carboxylic acids is 1. The molecular weight excluding hydrogens is 1520 g/mol. The van der Waals surface area contributed by atoms with Gasteiger partial charge in [-0.15, -0.1) is 0 Å². The number of phenols is 3. The number of hydrogen-bond acceptors (Lipinski definition) is 26. The lowest BCUT2D eigenvalue weighted by Crippen LogP contribution is -2.64. The summed E-state index contributed by atoms with van der Waals surface area (Å²) >= 11 is 14.7. The van der Waals surface area contributed by atoms with Crippen LogP contribution >= 0.6 is 35.0 Å². The van der Waals surface area contributed by atoms with Gasteiger partial charge in [-0.1, -0.05) is 73.9 Å². The summed E-state index contributed by atoms with van der Waals surface area (Å²) in [5, 5.41) is 118. The Labute approximate surface area is 636 Å². The Kier molecular flexibility index (Phi) is 24.0. The first-order chi connectivity index (χ1) is 51.7. The summed E-state index contributed by atoms with van der Waals surface area (Å²) in [6.45, 7) is 8.09. The van der Waals surface area contributed by atoms with Gasteiger partial charge >= 0.3 is 12.1 Å². The maximum absolute atomic E-state index is 16.2. The molecule has 1 aromatic heterocycles. The predicted molar refractivity (Wildman–Crippen MR) is 376 cm³/mol. The van der Waals surface area contributed by atoms with Crippen molar-refractivity contribution >= 4 is 82.3 Å². The Morgan fingerprint density at radius 2 is 1.35 bits per heavy atom. The summed E-state index contributed by atoms with van der Waals surface area (Å²) in [5.74, 6) is -17.9. The highest BCUT2D eigenvalue weighted by molar-refractivity contribution is 7.99. The van der Waals surface area contributed by atoms with E-state index in [1.54, 1.807) is 0 Å². The zero-order valence-electron chi connectivity index (χ0n) is 58.5. The van der Waals surface area contributed by atoms with Gasteiger partial charge in [-0.3, -0.25) is 33.6 Å². The zero-order chi connectivity index (χ0) is 80.0. The van der Waals surface area contributed by atoms with E-state index in [-0.39, 0.29) is 29.9 Å². The number of aliphatic hydroxyl groups excluding tert-OH is 5. The van der Waals surface area contributed by atoms with Crippen LogP contribution in [0, 0.1) is 11.8 Å². The summed E-state index contributed by atoms with van der Waals surface area (Å²) in [6, 6.07) is 0.268. The fraction of sp³-hybridized carbons (Fsp3) is 0.408. The number of amides is 7. The Morgan fingerprint density at radius 3 is 1.96 bits per heavy atom. The number of carboxylic acid groups (broad SMARTS) is 1. The molecule has 0 radical (unpaired) electrons. The zero-order valence-corrected chi connectivity index (χ0v) is 60.8. The van der Waals surface area contributed by atoms with Crippen molar-refractivity contribution in [2.24, 2.45) is 23.3 Å². The van der Waals surface area contributed by atoms with Gasteiger partial charge in [-0.05, 0) is 109 Å². The fourth-order valence-corrected chi connectivity index (χ4v) is 14.6. The monoisotopic (exact) mass is 1590 g/mol. The van der Waals surface area contributed by atoms with Crippen LogP contribution in [-0.2, 0) is 58.7 Å². The summed E-state index contributed by atoms with van der Waals surface area (Å²) in [4.78, 5) is 125. The maximum Gasteiger partial charge on any atom is 0.433 e. The molecule has 11 bridgehead atoms. The maximum atomic E-state index is 16.2. The number of phenolic OH excluding ortho intramolecular Hbond substituents is 3. The van der Waals surface area contributed by atoms with Crippen LogP contribution in [0.4, 0.5) is 13.2 Å². The number of alkyl halides is 3. The van der Waals surface area contributed by atoms with Gasteiger partial charge in [0.2, 0.25) is 53.4 Å². The van der Waals surface area contributed by atoms with E-state index >= 15 is 14.4 Å². The first-order valence-corrected chi connectivity index (χ1v) is 35.7. The van der Waals surface area contributed by atoms with Crippen molar-refractivity contribution in [3.05, 3.63) is 135 Å². The first-order valence-electron chi connectivity index (χ1n) is 34.0. The number of nitrogens with one attached hydrogen (secondary N) is 6. The Hall–Kier alpha value is -9.90. The molecule has 0 spiro atoms. The lowest BCUT2D eigenvalue weighted by molar-refractivity contribution is -0.329. The second-order valence-electron chi connectivity index (χ2n) is 27.6. The van der Waals surface area contributed by atoms with Crippen LogP contribution in [0.3, 0.4) is 0 Å². The van der Waals surface area contributed by atoms with E-state index in [4.69, 9.17) is 63.1 Å². The second-order valence-corrected chi connectivity index (χ2v) is 29.4. The van der Waals surface area contributed by atoms with Crippen molar-refractivity contribution in [3.8, 4) is 57.1 Å². The first kappa shape index (κ1) is 81.1. The lowest BCUT2D eigenvalue weighted by atomic mass is 9.86. The van der Waals surface area contributed by atoms with Crippen LogP contribution in [0.2, 0.25) is 10.0 Å². The third kappa shape index (κ3) is 17.6. The van der Waals surface area contributed by atoms with Gasteiger partial charge in [0.05, 0.1) is 34.8 Å². The van der Waals surface area contributed by atoms with Gasteiger partial charge in [-0.2, -0.15) is 13.2 Å². The molecule has 2 fully saturated rings. The van der Waals surface area contributed by atoms with E-state index in [9.17, 15) is 83.1 Å². The molecular formula is C71H75Cl2F3N10O23S. The minimum absolute atomic E-state index is 0.0717. The Morgan fingerprint density at radius 1 is 0.736 bits per heavy atom. The fourth-order valence-electron chi connectivity index (χ4n) is 13.2. The van der Waals surface area contributed by atoms with Crippen molar-refractivity contribution in [2.45, 2.75) is 168 Å². The number of fused-ring (bicyclic) bond motifs is 15. The molecule has 13 rings (SSSR count). The van der Waals surface area contributed by atoms with Crippen molar-refractivity contribution in [1.29, 1.82) is 0 Å². The third-order valence-electron chi connectivity index (χ3n) is 18.8. The molecule has 10 unspecified atom stereocenters. The van der Waals surface area contributed by atoms with E-state index in [0.29, 0.717) is 17.8 Å². The quantitative estimate of drug-likeness (QED) is 0.0545. The molecule has 5 aromatic carbocycles. The van der Waals surface area contributed by atoms with Crippen molar-refractivity contribution in [2.75, 3.05) is 5.75 Å². The number of thioether (sulfide) groups is 1. The number of nitrogens with zero attached hydrogens (tertiary/aromatic N) is 2. The van der Waals surface area contributed by atoms with Gasteiger partial charge in [0, 0.05) is 52.6 Å². The number of aromatic nitrogens is 2. The number of rotatable bonds is 14. The molecule has 0 aliphatic carbocycles. The third-order valence-corrected chi connectivity index (χ3v) is 20.3. The summed E-state index contributed by atoms with van der Waals surface area (Å²) in [7, 11) is 0. The van der Waals surface area contributed by atoms with Gasteiger partial charge in [0.25, 0.3) is 0 Å². The average molecular weight is 1600 g/mol. The van der Waals surface area contributed by atoms with Crippen molar-refractivity contribution in [1.82, 2.24) is 41.9 Å². The molecule has 110 heavy (non-hydrogen) atoms. The molecule has 2 saturated heterocycles. The van der Waals surface area contributed by atoms with Gasteiger partial charge in [0.1, 0.15) is 89.1 Å². The number of carbonyl (C=O) groups is 8. The molecule has 8 heterocycles. The number of carboxylic acids is 1. The minimum Gasteiger partial charge on any atom is -0.508 e. The SMILES string of the molecule is CC(C)C[C@H](C)C(=O)N[C@H]1C(=O)N[C@@H](CC(N)=O)C(=O)N[C@H]2C(=O)NC3C(=O)N[C@H](C(=O)N[C@@H](C(=O)O)c4cc(O)cc(O)c4-c4cc3ccc4O)[C@H](O)c3ccc(c(Cl)c3)Oc3cc2cc(c3OC2OC(CSc3nccc(C(F)(F)F)n3)C(O)C(O)C2OC2CC(C)(N)C(O)C(C)O2)Oc2ccc(cc2Cl)[C@H]1O. The molecule has 39 heteroatoms. The molecule has 33 nitrogen and oxygen atoms in total. The topological polar surface area (TPSA) is 524 Å². The largest absolute Gasteiger partial charge is 0.508 e. The smallest absolute Gasteiger partial charge is 0.433 e. The summed E-state index contributed by atoms with van der Waals surface area (Å²) in [5.41, 5.74) is 6.40. The van der Waals surface area contributed by atoms with Gasteiger partial charge < -0.3 is 118 Å². The van der Waals surface area contributed by atoms with Crippen LogP contribution in [0.15, 0.2) is 96.3 Å². The number of aromatic hydroxyl groups is 3. The molecule has 0 saturated carbocycles. The molecule has 7 amide bonds. The summed E-state index contributed by atoms with van der Waals surface area (Å²) in [6.07, 6.45) is -23.6. The number of hydrogen-bond donors (Lipinski definition) is 17. The van der Waals surface area contributed by atoms with Crippen LogP contribution in [0.1, 0.15) is 118 Å².